The monoisotopic (exact) mass is 357 g/mol. The third-order valence-corrected chi connectivity index (χ3v) is 5.10. The number of pyridine rings is 1. The van der Waals surface area contributed by atoms with Crippen LogP contribution in [0.4, 0.5) is 0 Å². The molecule has 0 unspecified atom stereocenters. The van der Waals surface area contributed by atoms with Crippen LogP contribution in [0.1, 0.15) is 28.2 Å². The number of hydrogen-bond donors (Lipinski definition) is 1. The van der Waals surface area contributed by atoms with Crippen LogP contribution < -0.4 is 5.32 Å². The Morgan fingerprint density at radius 3 is 2.75 bits per heavy atom. The molecular formula is C17H15N3O2S2. The molecule has 3 aromatic rings. The van der Waals surface area contributed by atoms with Crippen LogP contribution in [0.2, 0.25) is 0 Å². The van der Waals surface area contributed by atoms with Crippen LogP contribution in [0.5, 0.6) is 0 Å². The maximum atomic E-state index is 11.9. The van der Waals surface area contributed by atoms with Crippen LogP contribution in [0, 0.1) is 0 Å². The molecule has 122 valence electrons. The number of hydrogen-bond acceptors (Lipinski definition) is 6. The van der Waals surface area contributed by atoms with E-state index in [1.54, 1.807) is 12.3 Å². The summed E-state index contributed by atoms with van der Waals surface area (Å²) in [5.41, 5.74) is 1.61. The van der Waals surface area contributed by atoms with Crippen molar-refractivity contribution >= 4 is 34.4 Å². The molecule has 0 radical (unpaired) electrons. The number of nitrogens with one attached hydrogen (secondary N) is 1. The molecule has 0 saturated carbocycles. The summed E-state index contributed by atoms with van der Waals surface area (Å²) in [4.78, 5) is 33.1. The molecule has 1 amide bonds. The lowest BCUT2D eigenvalue weighted by Gasteiger charge is -2.02. The molecule has 0 spiro atoms. The third-order valence-electron chi connectivity index (χ3n) is 3.28. The second-order valence-electron chi connectivity index (χ2n) is 5.04. The Hall–Kier alpha value is -2.38. The fourth-order valence-corrected chi connectivity index (χ4v) is 3.55. The zero-order valence-corrected chi connectivity index (χ0v) is 14.4. The van der Waals surface area contributed by atoms with Crippen molar-refractivity contribution in [2.24, 2.45) is 0 Å². The summed E-state index contributed by atoms with van der Waals surface area (Å²) < 4.78 is 0. The van der Waals surface area contributed by atoms with E-state index < -0.39 is 0 Å². The largest absolute Gasteiger partial charge is 0.350 e. The predicted octanol–water partition coefficient (Wildman–Crippen LogP) is 3.55. The maximum absolute atomic E-state index is 11.9. The van der Waals surface area contributed by atoms with E-state index >= 15 is 0 Å². The van der Waals surface area contributed by atoms with E-state index in [9.17, 15) is 9.59 Å². The van der Waals surface area contributed by atoms with Crippen molar-refractivity contribution in [3.05, 3.63) is 57.9 Å². The van der Waals surface area contributed by atoms with E-state index in [1.165, 1.54) is 22.7 Å². The molecule has 0 atom stereocenters. The van der Waals surface area contributed by atoms with Gasteiger partial charge in [-0.2, -0.15) is 0 Å². The van der Waals surface area contributed by atoms with E-state index in [4.69, 9.17) is 0 Å². The van der Waals surface area contributed by atoms with Gasteiger partial charge in [-0.15, -0.1) is 22.7 Å². The number of thiophene rings is 1. The summed E-state index contributed by atoms with van der Waals surface area (Å²) >= 11 is 2.89. The highest BCUT2D eigenvalue weighted by Crippen LogP contribution is 2.21. The SMILES string of the molecule is O=C(CCC(=O)c1cccs1)NCc1csc(-c2ccccn2)n1. The van der Waals surface area contributed by atoms with Gasteiger partial charge in [-0.3, -0.25) is 14.6 Å². The maximum Gasteiger partial charge on any atom is 0.220 e. The summed E-state index contributed by atoms with van der Waals surface area (Å²) in [7, 11) is 0. The second-order valence-corrected chi connectivity index (χ2v) is 6.84. The van der Waals surface area contributed by atoms with E-state index in [2.05, 4.69) is 15.3 Å². The fourth-order valence-electron chi connectivity index (χ4n) is 2.06. The Morgan fingerprint density at radius 1 is 1.08 bits per heavy atom. The second kappa shape index (κ2) is 7.94. The first kappa shape index (κ1) is 16.5. The number of ketones is 1. The number of carbonyl (C=O) groups excluding carboxylic acids is 2. The fraction of sp³-hybridized carbons (Fsp3) is 0.176. The highest BCUT2D eigenvalue weighted by atomic mass is 32.1. The highest BCUT2D eigenvalue weighted by Gasteiger charge is 2.11. The van der Waals surface area contributed by atoms with Gasteiger partial charge in [0.25, 0.3) is 0 Å². The Kier molecular flexibility index (Phi) is 5.45. The average Bonchev–Trinajstić information content (AvgIpc) is 3.30. The van der Waals surface area contributed by atoms with Gasteiger partial charge >= 0.3 is 0 Å². The molecule has 3 rings (SSSR count). The van der Waals surface area contributed by atoms with Crippen molar-refractivity contribution in [2.45, 2.75) is 19.4 Å². The summed E-state index contributed by atoms with van der Waals surface area (Å²) in [6, 6.07) is 9.28. The molecule has 0 fully saturated rings. The number of carbonyl (C=O) groups is 2. The van der Waals surface area contributed by atoms with Gasteiger partial charge in [-0.05, 0) is 23.6 Å². The van der Waals surface area contributed by atoms with Crippen LogP contribution in [-0.4, -0.2) is 21.7 Å². The summed E-state index contributed by atoms with van der Waals surface area (Å²) in [6.45, 7) is 0.357. The van der Waals surface area contributed by atoms with E-state index in [0.717, 1.165) is 16.4 Å². The molecule has 1 N–H and O–H groups in total. The molecule has 0 bridgehead atoms. The van der Waals surface area contributed by atoms with Gasteiger partial charge in [0.15, 0.2) is 5.78 Å². The minimum atomic E-state index is -0.146. The van der Waals surface area contributed by atoms with Crippen molar-refractivity contribution in [1.29, 1.82) is 0 Å². The first-order valence-corrected chi connectivity index (χ1v) is 9.17. The van der Waals surface area contributed by atoms with Gasteiger partial charge < -0.3 is 5.32 Å². The van der Waals surface area contributed by atoms with Crippen LogP contribution >= 0.6 is 22.7 Å². The minimum Gasteiger partial charge on any atom is -0.350 e. The van der Waals surface area contributed by atoms with Crippen molar-refractivity contribution in [3.63, 3.8) is 0 Å². The van der Waals surface area contributed by atoms with Gasteiger partial charge in [-0.1, -0.05) is 12.1 Å². The normalized spacial score (nSPS) is 10.5. The number of Topliss-reactive ketones (excluding diaryl/α,β-unsaturated/α-hetero) is 1. The molecule has 5 nitrogen and oxygen atoms in total. The molecule has 3 aromatic heterocycles. The number of nitrogens with zero attached hydrogens (tertiary/aromatic N) is 2. The van der Waals surface area contributed by atoms with Crippen LogP contribution in [0.15, 0.2) is 47.3 Å². The first-order valence-electron chi connectivity index (χ1n) is 7.41. The van der Waals surface area contributed by atoms with Gasteiger partial charge in [0.2, 0.25) is 5.91 Å². The number of amides is 1. The van der Waals surface area contributed by atoms with E-state index in [-0.39, 0.29) is 24.5 Å². The molecule has 0 aromatic carbocycles. The molecule has 0 aliphatic heterocycles. The lowest BCUT2D eigenvalue weighted by molar-refractivity contribution is -0.121. The predicted molar refractivity (Wildman–Crippen MR) is 95.1 cm³/mol. The van der Waals surface area contributed by atoms with Crippen LogP contribution in [0.25, 0.3) is 10.7 Å². The van der Waals surface area contributed by atoms with E-state index in [1.807, 2.05) is 35.0 Å². The first-order chi connectivity index (χ1) is 11.7. The van der Waals surface area contributed by atoms with Crippen molar-refractivity contribution in [2.75, 3.05) is 0 Å². The summed E-state index contributed by atoms with van der Waals surface area (Å²) in [5, 5.41) is 7.39. The molecule has 7 heteroatoms. The van der Waals surface area contributed by atoms with Crippen LogP contribution in [0.3, 0.4) is 0 Å². The van der Waals surface area contributed by atoms with Gasteiger partial charge in [0.05, 0.1) is 22.8 Å². The van der Waals surface area contributed by atoms with Gasteiger partial charge in [0.1, 0.15) is 5.01 Å². The Balaban J connectivity index is 1.46. The standard InChI is InChI=1S/C17H15N3O2S2/c21-14(15-5-3-9-23-15)6-7-16(22)19-10-12-11-24-17(20-12)13-4-1-2-8-18-13/h1-5,8-9,11H,6-7,10H2,(H,19,22). The Morgan fingerprint density at radius 2 is 2.00 bits per heavy atom. The molecule has 0 saturated heterocycles. The molecule has 0 aliphatic carbocycles. The van der Waals surface area contributed by atoms with E-state index in [0.29, 0.717) is 11.4 Å². The molecule has 24 heavy (non-hydrogen) atoms. The zero-order valence-electron chi connectivity index (χ0n) is 12.8. The number of thiazole rings is 1. The summed E-state index contributed by atoms with van der Waals surface area (Å²) in [6.07, 6.45) is 2.14. The van der Waals surface area contributed by atoms with Crippen molar-refractivity contribution < 1.29 is 9.59 Å². The third kappa shape index (κ3) is 4.33. The highest BCUT2D eigenvalue weighted by molar-refractivity contribution is 7.13. The van der Waals surface area contributed by atoms with Crippen molar-refractivity contribution in [1.82, 2.24) is 15.3 Å². The van der Waals surface area contributed by atoms with Crippen LogP contribution in [-0.2, 0) is 11.3 Å². The summed E-state index contributed by atoms with van der Waals surface area (Å²) in [5.74, 6) is -0.140. The topological polar surface area (TPSA) is 72.0 Å². The quantitative estimate of drug-likeness (QED) is 0.657. The Labute approximate surface area is 147 Å². The Bertz CT molecular complexity index is 814. The molecule has 0 aliphatic rings. The number of aromatic nitrogens is 2. The van der Waals surface area contributed by atoms with Crippen molar-refractivity contribution in [3.8, 4) is 10.7 Å². The lowest BCUT2D eigenvalue weighted by Crippen LogP contribution is -2.23. The lowest BCUT2D eigenvalue weighted by atomic mass is 10.2. The molecule has 3 heterocycles. The minimum absolute atomic E-state index is 0.00578. The molecular weight excluding hydrogens is 342 g/mol. The number of rotatable bonds is 7. The average molecular weight is 357 g/mol. The van der Waals surface area contributed by atoms with Gasteiger partial charge in [-0.25, -0.2) is 4.98 Å². The van der Waals surface area contributed by atoms with Gasteiger partial charge in [0, 0.05) is 24.4 Å². The smallest absolute Gasteiger partial charge is 0.220 e. The zero-order chi connectivity index (χ0) is 16.8.